The van der Waals surface area contributed by atoms with Crippen LogP contribution in [0.1, 0.15) is 40.5 Å². The Kier molecular flexibility index (Phi) is 11.8. The maximum Gasteiger partial charge on any atom is 0.356 e. The molecule has 1 amide bonds. The number of hydrogen-bond acceptors (Lipinski definition) is 11. The number of carbonyl (C=O) groups is 3. The van der Waals surface area contributed by atoms with E-state index in [1.807, 2.05) is 6.92 Å². The third-order valence-corrected chi connectivity index (χ3v) is 15.7. The van der Waals surface area contributed by atoms with E-state index in [1.165, 1.54) is 11.8 Å². The average molecular weight is 620 g/mol. The molecule has 1 unspecified atom stereocenters. The third-order valence-electron chi connectivity index (χ3n) is 7.07. The van der Waals surface area contributed by atoms with E-state index in [2.05, 4.69) is 69.0 Å². The predicted octanol–water partition coefficient (Wildman–Crippen LogP) is 3.74. The summed E-state index contributed by atoms with van der Waals surface area (Å²) in [5.41, 5.74) is 0. The Hall–Kier alpha value is -1.27. The van der Waals surface area contributed by atoms with Crippen molar-refractivity contribution in [1.82, 2.24) is 25.1 Å². The second-order valence-corrected chi connectivity index (χ2v) is 25.2. The van der Waals surface area contributed by atoms with Crippen LogP contribution in [0.3, 0.4) is 0 Å². The maximum absolute atomic E-state index is 13.3. The molecule has 0 radical (unpaired) electrons. The molecule has 1 N–H and O–H groups in total. The van der Waals surface area contributed by atoms with Gasteiger partial charge in [0.2, 0.25) is 17.3 Å². The Morgan fingerprint density at radius 3 is 2.36 bits per heavy atom. The topological polar surface area (TPSA) is 137 Å². The number of aromatic nitrogens is 4. The van der Waals surface area contributed by atoms with E-state index in [0.29, 0.717) is 17.3 Å². The van der Waals surface area contributed by atoms with Crippen LogP contribution >= 0.6 is 23.5 Å². The first kappa shape index (κ1) is 33.9. The molecule has 39 heavy (non-hydrogen) atoms. The monoisotopic (exact) mass is 619 g/mol. The molecule has 2 heterocycles. The van der Waals surface area contributed by atoms with Crippen LogP contribution in [-0.2, 0) is 30.6 Å². The van der Waals surface area contributed by atoms with Gasteiger partial charge >= 0.3 is 5.97 Å². The van der Waals surface area contributed by atoms with Gasteiger partial charge in [0.15, 0.2) is 13.4 Å². The van der Waals surface area contributed by atoms with Crippen molar-refractivity contribution >= 4 is 56.9 Å². The lowest BCUT2D eigenvalue weighted by Crippen LogP contribution is -2.68. The number of carbonyl (C=O) groups excluding carboxylic acids is 3. The second kappa shape index (κ2) is 13.6. The SMILES string of the molecule is C[C@@H](O[Si](C)(C)C(C)(C)C)[C@H]1C(=O)N(C(O)C(=O)OCC[Si](C)(C)C)[C@@H]1SC(=O)CCCSc1nnnn1C. The van der Waals surface area contributed by atoms with Crippen LogP contribution in [0.4, 0.5) is 0 Å². The highest BCUT2D eigenvalue weighted by Crippen LogP contribution is 2.44. The van der Waals surface area contributed by atoms with E-state index in [4.69, 9.17) is 9.16 Å². The number of nitrogens with zero attached hydrogens (tertiary/aromatic N) is 5. The number of aliphatic hydroxyl groups excluding tert-OH is 1. The minimum absolute atomic E-state index is 0.0677. The Labute approximate surface area is 242 Å². The van der Waals surface area contributed by atoms with Crippen molar-refractivity contribution in [2.75, 3.05) is 12.4 Å². The van der Waals surface area contributed by atoms with E-state index >= 15 is 0 Å². The number of tetrazole rings is 1. The Morgan fingerprint density at radius 1 is 1.18 bits per heavy atom. The van der Waals surface area contributed by atoms with Crippen LogP contribution in [0.25, 0.3) is 0 Å². The molecule has 0 spiro atoms. The van der Waals surface area contributed by atoms with Gasteiger partial charge in [-0.15, -0.1) is 5.10 Å². The summed E-state index contributed by atoms with van der Waals surface area (Å²) in [6.07, 6.45) is -1.39. The molecular weight excluding hydrogens is 575 g/mol. The molecule has 1 aliphatic heterocycles. The number of aryl methyl sites for hydroxylation is 1. The number of esters is 1. The summed E-state index contributed by atoms with van der Waals surface area (Å²) in [5.74, 6) is -1.29. The number of hydrogen-bond donors (Lipinski definition) is 1. The van der Waals surface area contributed by atoms with Gasteiger partial charge in [0.05, 0.1) is 18.6 Å². The van der Waals surface area contributed by atoms with Crippen molar-refractivity contribution < 1.29 is 28.7 Å². The second-order valence-electron chi connectivity index (χ2n) is 12.6. The summed E-state index contributed by atoms with van der Waals surface area (Å²) in [6, 6.07) is 0.749. The highest BCUT2D eigenvalue weighted by molar-refractivity contribution is 8.14. The van der Waals surface area contributed by atoms with Gasteiger partial charge in [-0.05, 0) is 47.9 Å². The first-order valence-electron chi connectivity index (χ1n) is 13.2. The third kappa shape index (κ3) is 9.38. The van der Waals surface area contributed by atoms with Crippen molar-refractivity contribution in [3.8, 4) is 0 Å². The minimum Gasteiger partial charge on any atom is -0.463 e. The molecule has 0 aliphatic carbocycles. The molecule has 4 atom stereocenters. The van der Waals surface area contributed by atoms with Gasteiger partial charge in [-0.1, -0.05) is 63.9 Å². The number of thioether (sulfide) groups is 2. The number of likely N-dealkylation sites (tertiary alicyclic amines) is 1. The van der Waals surface area contributed by atoms with Crippen molar-refractivity contribution in [2.45, 2.75) is 107 Å². The molecule has 15 heteroatoms. The summed E-state index contributed by atoms with van der Waals surface area (Å²) >= 11 is 2.43. The zero-order valence-corrected chi connectivity index (χ0v) is 28.5. The lowest BCUT2D eigenvalue weighted by molar-refractivity contribution is -0.188. The van der Waals surface area contributed by atoms with Crippen LogP contribution in [0.2, 0.25) is 43.8 Å². The van der Waals surface area contributed by atoms with E-state index < -0.39 is 51.9 Å². The first-order chi connectivity index (χ1) is 17.9. The van der Waals surface area contributed by atoms with Gasteiger partial charge in [-0.25, -0.2) is 9.48 Å². The normalized spacial score (nSPS) is 20.0. The highest BCUT2D eigenvalue weighted by Gasteiger charge is 2.57. The summed E-state index contributed by atoms with van der Waals surface area (Å²) in [4.78, 5) is 40.0. The largest absolute Gasteiger partial charge is 0.463 e. The molecule has 0 saturated carbocycles. The molecule has 1 fully saturated rings. The van der Waals surface area contributed by atoms with E-state index in [-0.39, 0.29) is 23.2 Å². The van der Waals surface area contributed by atoms with Gasteiger partial charge in [-0.2, -0.15) is 0 Å². The van der Waals surface area contributed by atoms with Crippen LogP contribution in [-0.4, -0.2) is 93.7 Å². The molecule has 11 nitrogen and oxygen atoms in total. The average Bonchev–Trinajstić information content (AvgIpc) is 3.18. The molecule has 1 aromatic heterocycles. The fourth-order valence-corrected chi connectivity index (χ4v) is 7.89. The Balaban J connectivity index is 2.08. The molecule has 1 aliphatic rings. The van der Waals surface area contributed by atoms with Crippen molar-refractivity contribution in [1.29, 1.82) is 0 Å². The first-order valence-corrected chi connectivity index (χ1v) is 21.7. The maximum atomic E-state index is 13.3. The number of β-lactam (4-membered cyclic amide) rings is 1. The van der Waals surface area contributed by atoms with Crippen LogP contribution in [0.5, 0.6) is 0 Å². The smallest absolute Gasteiger partial charge is 0.356 e. The Bertz CT molecular complexity index is 1010. The van der Waals surface area contributed by atoms with E-state index in [0.717, 1.165) is 22.7 Å². The predicted molar refractivity (Wildman–Crippen MR) is 158 cm³/mol. The van der Waals surface area contributed by atoms with Crippen molar-refractivity contribution in [3.63, 3.8) is 0 Å². The summed E-state index contributed by atoms with van der Waals surface area (Å²) in [7, 11) is -1.91. The standard InChI is InChI=1S/C24H45N5O6S2Si2/c1-16(35-39(9,10)24(2,3)4)18-19(31)29(20(32)22(33)34-13-15-38(6,7)8)21(18)37-17(30)12-11-14-36-23-25-26-27-28(23)5/h16,18,20-21,32H,11-15H2,1-10H3/t16-,18+,20?,21-/m1/s1. The fraction of sp³-hybridized carbons (Fsp3) is 0.833. The fourth-order valence-electron chi connectivity index (χ4n) is 3.61. The number of rotatable bonds is 14. The molecule has 1 saturated heterocycles. The van der Waals surface area contributed by atoms with E-state index in [1.54, 1.807) is 11.7 Å². The molecule has 0 bridgehead atoms. The van der Waals surface area contributed by atoms with Gasteiger partial charge in [-0.3, -0.25) is 14.5 Å². The molecule has 222 valence electrons. The van der Waals surface area contributed by atoms with Crippen molar-refractivity contribution in [2.24, 2.45) is 13.0 Å². The van der Waals surface area contributed by atoms with Gasteiger partial charge in [0.25, 0.3) is 0 Å². The molecule has 2 rings (SSSR count). The van der Waals surface area contributed by atoms with Crippen LogP contribution in [0, 0.1) is 5.92 Å². The number of amides is 1. The van der Waals surface area contributed by atoms with E-state index in [9.17, 15) is 19.5 Å². The highest BCUT2D eigenvalue weighted by atomic mass is 32.2. The van der Waals surface area contributed by atoms with Crippen LogP contribution < -0.4 is 0 Å². The van der Waals surface area contributed by atoms with Gasteiger partial charge in [0.1, 0.15) is 5.37 Å². The quantitative estimate of drug-likeness (QED) is 0.107. The zero-order valence-electron chi connectivity index (χ0n) is 24.9. The Morgan fingerprint density at radius 2 is 1.82 bits per heavy atom. The molecular formula is C24H45N5O6S2Si2. The minimum atomic E-state index is -2.21. The van der Waals surface area contributed by atoms with Crippen LogP contribution in [0.15, 0.2) is 5.16 Å². The lowest BCUT2D eigenvalue weighted by Gasteiger charge is -2.51. The summed E-state index contributed by atoms with van der Waals surface area (Å²) in [5, 5.41) is 21.8. The van der Waals surface area contributed by atoms with Crippen molar-refractivity contribution in [3.05, 3.63) is 0 Å². The van der Waals surface area contributed by atoms with Gasteiger partial charge in [0, 0.05) is 27.3 Å². The van der Waals surface area contributed by atoms with Gasteiger partial charge < -0.3 is 14.3 Å². The molecule has 1 aromatic rings. The number of aliphatic hydroxyl groups is 1. The summed E-state index contributed by atoms with van der Waals surface area (Å²) < 4.78 is 13.3. The summed E-state index contributed by atoms with van der Waals surface area (Å²) in [6.45, 7) is 19.1. The zero-order chi connectivity index (χ0) is 29.8. The molecule has 0 aromatic carbocycles. The number of ether oxygens (including phenoxy) is 1. The lowest BCUT2D eigenvalue weighted by atomic mass is 9.92.